The van der Waals surface area contributed by atoms with Gasteiger partial charge in [0.25, 0.3) is 0 Å². The Kier molecular flexibility index (Phi) is 51.5. The molecule has 6 nitrogen and oxygen atoms in total. The maximum Gasteiger partial charge on any atom is 0.306 e. The highest BCUT2D eigenvalue weighted by Gasteiger charge is 2.24. The average molecular weight is 925 g/mol. The SMILES string of the molecule is CC/C=C/C/C=C/C/C=C/C/C=C/CCCC(CC(=O)NC(CO)C(O)CCCCCCCCCCCCCCCCC)OC(=O)CCCCCCC/C=C/CCCCCCCCCCC. The fraction of sp³-hybridized carbons (Fsp3) is 0.800. The molecule has 0 aliphatic rings. The quantitative estimate of drug-likeness (QED) is 0.0321. The third-order valence-electron chi connectivity index (χ3n) is 12.8. The molecule has 66 heavy (non-hydrogen) atoms. The van der Waals surface area contributed by atoms with E-state index < -0.39 is 18.2 Å². The zero-order chi connectivity index (χ0) is 48.1. The average Bonchev–Trinajstić information content (AvgIpc) is 3.31. The van der Waals surface area contributed by atoms with Crippen LogP contribution >= 0.6 is 0 Å². The van der Waals surface area contributed by atoms with Gasteiger partial charge in [-0.2, -0.15) is 0 Å². The van der Waals surface area contributed by atoms with Crippen LogP contribution in [0.2, 0.25) is 0 Å². The van der Waals surface area contributed by atoms with Gasteiger partial charge in [-0.3, -0.25) is 9.59 Å². The monoisotopic (exact) mass is 924 g/mol. The van der Waals surface area contributed by atoms with Crippen molar-refractivity contribution in [2.75, 3.05) is 6.61 Å². The number of nitrogens with one attached hydrogen (secondary N) is 1. The summed E-state index contributed by atoms with van der Waals surface area (Å²) in [5.41, 5.74) is 0. The van der Waals surface area contributed by atoms with Crippen molar-refractivity contribution in [2.45, 2.75) is 302 Å². The molecule has 0 aromatic rings. The molecule has 0 bridgehead atoms. The fourth-order valence-electron chi connectivity index (χ4n) is 8.54. The van der Waals surface area contributed by atoms with Crippen LogP contribution in [0, 0.1) is 0 Å². The van der Waals surface area contributed by atoms with E-state index in [2.05, 4.69) is 86.8 Å². The van der Waals surface area contributed by atoms with Crippen LogP contribution in [-0.2, 0) is 14.3 Å². The van der Waals surface area contributed by atoms with Gasteiger partial charge in [0.15, 0.2) is 0 Å². The van der Waals surface area contributed by atoms with E-state index >= 15 is 0 Å². The molecule has 0 aromatic carbocycles. The van der Waals surface area contributed by atoms with Gasteiger partial charge in [-0.15, -0.1) is 0 Å². The normalized spacial score (nSPS) is 13.6. The molecule has 0 aromatic heterocycles. The summed E-state index contributed by atoms with van der Waals surface area (Å²) < 4.78 is 5.92. The van der Waals surface area contributed by atoms with E-state index in [0.29, 0.717) is 19.3 Å². The van der Waals surface area contributed by atoms with Gasteiger partial charge in [0.2, 0.25) is 5.91 Å². The van der Waals surface area contributed by atoms with Crippen molar-refractivity contribution >= 4 is 11.9 Å². The zero-order valence-corrected chi connectivity index (χ0v) is 43.8. The molecule has 0 rings (SSSR count). The molecular formula is C60H109NO5. The Morgan fingerprint density at radius 2 is 0.833 bits per heavy atom. The first-order valence-electron chi connectivity index (χ1n) is 28.5. The highest BCUT2D eigenvalue weighted by Crippen LogP contribution is 2.17. The van der Waals surface area contributed by atoms with Crippen LogP contribution in [0.5, 0.6) is 0 Å². The highest BCUT2D eigenvalue weighted by molar-refractivity contribution is 5.77. The molecule has 3 atom stereocenters. The molecule has 0 saturated carbocycles. The predicted molar refractivity (Wildman–Crippen MR) is 287 cm³/mol. The number of hydrogen-bond acceptors (Lipinski definition) is 5. The second kappa shape index (κ2) is 53.5. The fourth-order valence-corrected chi connectivity index (χ4v) is 8.54. The number of rotatable bonds is 51. The smallest absolute Gasteiger partial charge is 0.306 e. The maximum absolute atomic E-state index is 13.2. The molecule has 0 spiro atoms. The summed E-state index contributed by atoms with van der Waals surface area (Å²) in [6, 6.07) is -0.722. The van der Waals surface area contributed by atoms with Gasteiger partial charge >= 0.3 is 5.97 Å². The molecule has 3 unspecified atom stereocenters. The molecule has 0 aliphatic carbocycles. The number of ether oxygens (including phenoxy) is 1. The van der Waals surface area contributed by atoms with Crippen LogP contribution in [0.15, 0.2) is 60.8 Å². The van der Waals surface area contributed by atoms with Gasteiger partial charge in [-0.05, 0) is 83.5 Å². The van der Waals surface area contributed by atoms with E-state index in [1.165, 1.54) is 154 Å². The van der Waals surface area contributed by atoms with Crippen molar-refractivity contribution in [3.05, 3.63) is 60.8 Å². The zero-order valence-electron chi connectivity index (χ0n) is 43.8. The van der Waals surface area contributed by atoms with Crippen molar-refractivity contribution in [3.8, 4) is 0 Å². The van der Waals surface area contributed by atoms with E-state index in [4.69, 9.17) is 4.74 Å². The summed E-state index contributed by atoms with van der Waals surface area (Å²) in [5, 5.41) is 23.8. The number of unbranched alkanes of at least 4 members (excludes halogenated alkanes) is 29. The third kappa shape index (κ3) is 48.0. The van der Waals surface area contributed by atoms with E-state index in [1.54, 1.807) is 0 Å². The molecule has 1 amide bonds. The first-order chi connectivity index (χ1) is 32.5. The molecule has 0 aliphatic heterocycles. The maximum atomic E-state index is 13.2. The van der Waals surface area contributed by atoms with Crippen LogP contribution in [0.25, 0.3) is 0 Å². The Morgan fingerprint density at radius 3 is 1.29 bits per heavy atom. The first-order valence-corrected chi connectivity index (χ1v) is 28.5. The molecule has 384 valence electrons. The van der Waals surface area contributed by atoms with Crippen LogP contribution in [0.3, 0.4) is 0 Å². The van der Waals surface area contributed by atoms with Crippen molar-refractivity contribution in [1.29, 1.82) is 0 Å². The van der Waals surface area contributed by atoms with Gasteiger partial charge in [-0.1, -0.05) is 248 Å². The molecule has 0 radical (unpaired) electrons. The minimum Gasteiger partial charge on any atom is -0.462 e. The van der Waals surface area contributed by atoms with Crippen molar-refractivity contribution < 1.29 is 24.5 Å². The Bertz CT molecular complexity index is 1170. The molecule has 0 saturated heterocycles. The van der Waals surface area contributed by atoms with Crippen LogP contribution in [-0.4, -0.2) is 46.9 Å². The first kappa shape index (κ1) is 63.6. The van der Waals surface area contributed by atoms with Crippen LogP contribution in [0.4, 0.5) is 0 Å². The van der Waals surface area contributed by atoms with Crippen LogP contribution in [0.1, 0.15) is 284 Å². The predicted octanol–water partition coefficient (Wildman–Crippen LogP) is 17.6. The Labute approximate surface area is 409 Å². The van der Waals surface area contributed by atoms with Crippen LogP contribution < -0.4 is 5.32 Å². The van der Waals surface area contributed by atoms with Gasteiger partial charge in [0, 0.05) is 6.42 Å². The Hall–Kier alpha value is -2.44. The topological polar surface area (TPSA) is 95.9 Å². The Morgan fingerprint density at radius 1 is 0.455 bits per heavy atom. The molecule has 0 heterocycles. The second-order valence-electron chi connectivity index (χ2n) is 19.3. The van der Waals surface area contributed by atoms with Crippen molar-refractivity contribution in [1.82, 2.24) is 5.32 Å². The lowest BCUT2D eigenvalue weighted by Crippen LogP contribution is -2.46. The van der Waals surface area contributed by atoms with E-state index in [9.17, 15) is 19.8 Å². The van der Waals surface area contributed by atoms with Gasteiger partial charge in [0.05, 0.1) is 25.2 Å². The lowest BCUT2D eigenvalue weighted by Gasteiger charge is -2.24. The number of amides is 1. The highest BCUT2D eigenvalue weighted by atomic mass is 16.5. The number of allylic oxidation sites excluding steroid dienone is 10. The summed E-state index contributed by atoms with van der Waals surface area (Å²) in [4.78, 5) is 26.2. The molecule has 0 fully saturated rings. The number of carbonyl (C=O) groups is 2. The summed E-state index contributed by atoms with van der Waals surface area (Å²) in [5.74, 6) is -0.532. The van der Waals surface area contributed by atoms with Gasteiger partial charge in [0.1, 0.15) is 6.10 Å². The number of carbonyl (C=O) groups excluding carboxylic acids is 2. The number of esters is 1. The van der Waals surface area contributed by atoms with Gasteiger partial charge < -0.3 is 20.3 Å². The van der Waals surface area contributed by atoms with E-state index in [-0.39, 0.29) is 24.9 Å². The van der Waals surface area contributed by atoms with Crippen molar-refractivity contribution in [2.24, 2.45) is 0 Å². The van der Waals surface area contributed by atoms with E-state index in [1.807, 2.05) is 0 Å². The summed E-state index contributed by atoms with van der Waals surface area (Å²) >= 11 is 0. The summed E-state index contributed by atoms with van der Waals surface area (Å²) in [6.07, 6.45) is 67.2. The molecular weight excluding hydrogens is 815 g/mol. The lowest BCUT2D eigenvalue weighted by atomic mass is 10.0. The number of hydrogen-bond donors (Lipinski definition) is 3. The third-order valence-corrected chi connectivity index (χ3v) is 12.8. The largest absolute Gasteiger partial charge is 0.462 e. The lowest BCUT2D eigenvalue weighted by molar-refractivity contribution is -0.151. The Balaban J connectivity index is 4.60. The minimum absolute atomic E-state index is 0.0365. The summed E-state index contributed by atoms with van der Waals surface area (Å²) in [6.45, 7) is 6.38. The minimum atomic E-state index is -0.805. The standard InChI is InChI=1S/C60H109NO5/c1-4-7-10-13-16-19-22-25-28-29-30-32-35-38-41-44-47-50-53-60(65)66-56(51-48-45-42-39-36-33-27-24-21-18-15-12-9-6-3)54-59(64)61-57(55-62)58(63)52-49-46-43-40-37-34-31-26-23-20-17-14-11-8-5-2/h9,12,18,21,27,30,32-33,39,42,56-58,62-63H,4-8,10-11,13-17,19-20,22-26,28-29,31,34-38,40-41,43-55H2,1-3H3,(H,61,64)/b12-9+,21-18+,32-30+,33-27+,42-39+. The molecule has 3 N–H and O–H groups in total. The van der Waals surface area contributed by atoms with Crippen molar-refractivity contribution in [3.63, 3.8) is 0 Å². The van der Waals surface area contributed by atoms with Gasteiger partial charge in [-0.25, -0.2) is 0 Å². The number of aliphatic hydroxyl groups is 2. The second-order valence-corrected chi connectivity index (χ2v) is 19.3. The van der Waals surface area contributed by atoms with E-state index in [0.717, 1.165) is 83.5 Å². The number of aliphatic hydroxyl groups excluding tert-OH is 2. The molecule has 6 heteroatoms. The summed E-state index contributed by atoms with van der Waals surface area (Å²) in [7, 11) is 0.